The average Bonchev–Trinajstić information content (AvgIpc) is 2.53. The van der Waals surface area contributed by atoms with Crippen molar-refractivity contribution in [3.05, 3.63) is 35.9 Å². The minimum absolute atomic E-state index is 0.0349. The molecule has 0 radical (unpaired) electrons. The molecule has 0 aromatic heterocycles. The lowest BCUT2D eigenvalue weighted by molar-refractivity contribution is -0.143. The van der Waals surface area contributed by atoms with E-state index in [0.717, 1.165) is 0 Å². The second-order valence-electron chi connectivity index (χ2n) is 5.28. The lowest BCUT2D eigenvalue weighted by atomic mass is 9.96. The van der Waals surface area contributed by atoms with Crippen molar-refractivity contribution in [1.29, 1.82) is 0 Å². The summed E-state index contributed by atoms with van der Waals surface area (Å²) >= 11 is 0. The highest BCUT2D eigenvalue weighted by molar-refractivity contribution is 5.88. The van der Waals surface area contributed by atoms with Crippen molar-refractivity contribution >= 4 is 17.7 Å². The second kappa shape index (κ2) is 7.15. The molecule has 7 heteroatoms. The van der Waals surface area contributed by atoms with Crippen LogP contribution >= 0.6 is 0 Å². The van der Waals surface area contributed by atoms with Gasteiger partial charge in [0.2, 0.25) is 5.91 Å². The monoisotopic (exact) mass is 305 g/mol. The molecule has 22 heavy (non-hydrogen) atoms. The van der Waals surface area contributed by atoms with Crippen LogP contribution in [-0.4, -0.2) is 41.4 Å². The number of aliphatic carboxylic acids is 1. The Kier molecular flexibility index (Phi) is 5.24. The normalized spacial score (nSPS) is 21.0. The fraction of sp³-hybridized carbons (Fsp3) is 0.400. The Morgan fingerprint density at radius 2 is 2.00 bits per heavy atom. The number of rotatable bonds is 5. The third-order valence-corrected chi connectivity index (χ3v) is 3.70. The second-order valence-corrected chi connectivity index (χ2v) is 5.28. The summed E-state index contributed by atoms with van der Waals surface area (Å²) in [6, 6.07) is 6.19. The van der Waals surface area contributed by atoms with Gasteiger partial charge in [0.05, 0.1) is 6.54 Å². The van der Waals surface area contributed by atoms with Gasteiger partial charge in [-0.05, 0) is 12.0 Å². The first-order chi connectivity index (χ1) is 10.5. The first-order valence-electron chi connectivity index (χ1n) is 7.08. The number of carboxylic acid groups (broad SMARTS) is 1. The molecule has 2 rings (SSSR count). The van der Waals surface area contributed by atoms with Crippen LogP contribution in [0.5, 0.6) is 0 Å². The summed E-state index contributed by atoms with van der Waals surface area (Å²) < 4.78 is 0. The van der Waals surface area contributed by atoms with Crippen LogP contribution in [0.3, 0.4) is 0 Å². The predicted octanol–water partition coefficient (Wildman–Crippen LogP) is -0.423. The van der Waals surface area contributed by atoms with Gasteiger partial charge < -0.3 is 21.5 Å². The summed E-state index contributed by atoms with van der Waals surface area (Å²) in [5, 5.41) is 14.6. The number of nitrogens with one attached hydrogen (secondary N) is 2. The third kappa shape index (κ3) is 3.90. The number of hydrogen-bond donors (Lipinski definition) is 4. The number of carbonyl (C=O) groups excluding carboxylic acids is 2. The third-order valence-electron chi connectivity index (χ3n) is 3.70. The van der Waals surface area contributed by atoms with Crippen molar-refractivity contribution < 1.29 is 19.5 Å². The first kappa shape index (κ1) is 16.1. The van der Waals surface area contributed by atoms with Crippen LogP contribution in [0, 0.1) is 0 Å². The maximum Gasteiger partial charge on any atom is 0.327 e. The van der Waals surface area contributed by atoms with E-state index in [1.54, 1.807) is 30.3 Å². The first-order valence-corrected chi connectivity index (χ1v) is 7.08. The Balaban J connectivity index is 2.03. The highest BCUT2D eigenvalue weighted by atomic mass is 16.4. The summed E-state index contributed by atoms with van der Waals surface area (Å²) in [5.41, 5.74) is 6.47. The van der Waals surface area contributed by atoms with Gasteiger partial charge in [-0.3, -0.25) is 9.59 Å². The zero-order valence-corrected chi connectivity index (χ0v) is 12.0. The van der Waals surface area contributed by atoms with Gasteiger partial charge in [-0.25, -0.2) is 4.79 Å². The fourth-order valence-corrected chi connectivity index (χ4v) is 2.43. The predicted molar refractivity (Wildman–Crippen MR) is 79.0 cm³/mol. The minimum atomic E-state index is -1.15. The molecule has 7 nitrogen and oxygen atoms in total. The standard InChI is InChI=1S/C15H19N3O4/c16-12(9-4-2-1-3-5-9)14(20)18-13(15(21)22)11-7-6-10(19)8-17-11/h1-5,11-13,17H,6-8,16H2,(H,18,20)(H,21,22)/t11-,12-,13+/m1/s1. The Morgan fingerprint density at radius 3 is 2.55 bits per heavy atom. The van der Waals surface area contributed by atoms with Gasteiger partial charge in [-0.2, -0.15) is 0 Å². The topological polar surface area (TPSA) is 122 Å². The molecule has 1 aliphatic heterocycles. The van der Waals surface area contributed by atoms with E-state index < -0.39 is 30.0 Å². The molecule has 0 spiro atoms. The zero-order valence-electron chi connectivity index (χ0n) is 12.0. The number of hydrogen-bond acceptors (Lipinski definition) is 5. The number of nitrogens with two attached hydrogens (primary N) is 1. The maximum absolute atomic E-state index is 12.2. The molecular formula is C15H19N3O4. The van der Waals surface area contributed by atoms with Gasteiger partial charge in [-0.1, -0.05) is 30.3 Å². The largest absolute Gasteiger partial charge is 0.480 e. The van der Waals surface area contributed by atoms with Crippen LogP contribution in [0.25, 0.3) is 0 Å². The quantitative estimate of drug-likeness (QED) is 0.586. The Hall–Kier alpha value is -2.25. The van der Waals surface area contributed by atoms with Crippen molar-refractivity contribution in [3.63, 3.8) is 0 Å². The average molecular weight is 305 g/mol. The number of carboxylic acids is 1. The van der Waals surface area contributed by atoms with E-state index in [1.165, 1.54) is 0 Å². The molecule has 0 bridgehead atoms. The van der Waals surface area contributed by atoms with Crippen molar-refractivity contribution in [1.82, 2.24) is 10.6 Å². The molecule has 5 N–H and O–H groups in total. The van der Waals surface area contributed by atoms with Crippen LogP contribution in [0.4, 0.5) is 0 Å². The molecule has 1 aromatic rings. The lowest BCUT2D eigenvalue weighted by Gasteiger charge is -2.29. The SMILES string of the molecule is N[C@@H](C(=O)N[C@H](C(=O)O)[C@H]1CCC(=O)CN1)c1ccccc1. The van der Waals surface area contributed by atoms with Crippen molar-refractivity contribution in [3.8, 4) is 0 Å². The summed E-state index contributed by atoms with van der Waals surface area (Å²) in [5.74, 6) is -1.68. The van der Waals surface area contributed by atoms with E-state index in [0.29, 0.717) is 18.4 Å². The molecule has 3 atom stereocenters. The smallest absolute Gasteiger partial charge is 0.327 e. The number of ketones is 1. The van der Waals surface area contributed by atoms with E-state index >= 15 is 0 Å². The van der Waals surface area contributed by atoms with Gasteiger partial charge in [0.15, 0.2) is 0 Å². The highest BCUT2D eigenvalue weighted by Crippen LogP contribution is 2.13. The van der Waals surface area contributed by atoms with E-state index in [4.69, 9.17) is 5.73 Å². The van der Waals surface area contributed by atoms with Crippen molar-refractivity contribution in [2.24, 2.45) is 5.73 Å². The molecule has 0 aliphatic carbocycles. The van der Waals surface area contributed by atoms with Crippen molar-refractivity contribution in [2.45, 2.75) is 31.0 Å². The molecular weight excluding hydrogens is 286 g/mol. The molecule has 1 amide bonds. The van der Waals surface area contributed by atoms with Crippen LogP contribution in [0.1, 0.15) is 24.4 Å². The Bertz CT molecular complexity index is 551. The number of piperidine rings is 1. The van der Waals surface area contributed by atoms with Gasteiger partial charge >= 0.3 is 5.97 Å². The molecule has 118 valence electrons. The maximum atomic E-state index is 12.2. The van der Waals surface area contributed by atoms with Gasteiger partial charge in [-0.15, -0.1) is 0 Å². The van der Waals surface area contributed by atoms with E-state index in [2.05, 4.69) is 10.6 Å². The summed E-state index contributed by atoms with van der Waals surface area (Å²) in [4.78, 5) is 34.8. The van der Waals surface area contributed by atoms with Crippen LogP contribution in [0.2, 0.25) is 0 Å². The van der Waals surface area contributed by atoms with Crippen LogP contribution in [-0.2, 0) is 14.4 Å². The van der Waals surface area contributed by atoms with Crippen molar-refractivity contribution in [2.75, 3.05) is 6.54 Å². The molecule has 0 saturated carbocycles. The lowest BCUT2D eigenvalue weighted by Crippen LogP contribution is -2.58. The van der Waals surface area contributed by atoms with E-state index in [-0.39, 0.29) is 12.3 Å². The number of benzene rings is 1. The van der Waals surface area contributed by atoms with E-state index in [9.17, 15) is 19.5 Å². The van der Waals surface area contributed by atoms with Crippen LogP contribution < -0.4 is 16.4 Å². The van der Waals surface area contributed by atoms with Gasteiger partial charge in [0.25, 0.3) is 0 Å². The molecule has 1 heterocycles. The highest BCUT2D eigenvalue weighted by Gasteiger charge is 2.33. The Labute approximate surface area is 127 Å². The van der Waals surface area contributed by atoms with Crippen LogP contribution in [0.15, 0.2) is 30.3 Å². The molecule has 1 saturated heterocycles. The molecule has 0 unspecified atom stereocenters. The fourth-order valence-electron chi connectivity index (χ4n) is 2.43. The zero-order chi connectivity index (χ0) is 16.1. The molecule has 1 fully saturated rings. The molecule has 1 aliphatic rings. The number of Topliss-reactive ketones (excluding diaryl/α,β-unsaturated/α-hetero) is 1. The minimum Gasteiger partial charge on any atom is -0.480 e. The summed E-state index contributed by atoms with van der Waals surface area (Å²) in [7, 11) is 0. The number of amides is 1. The Morgan fingerprint density at radius 1 is 1.32 bits per heavy atom. The summed E-state index contributed by atoms with van der Waals surface area (Å²) in [6.07, 6.45) is 0.679. The molecule has 1 aromatic carbocycles. The van der Waals surface area contributed by atoms with Gasteiger partial charge in [0.1, 0.15) is 17.9 Å². The van der Waals surface area contributed by atoms with E-state index in [1.807, 2.05) is 0 Å². The number of carbonyl (C=O) groups is 3. The van der Waals surface area contributed by atoms with Gasteiger partial charge in [0, 0.05) is 12.5 Å². The summed E-state index contributed by atoms with van der Waals surface area (Å²) in [6.45, 7) is 0.120.